The summed E-state index contributed by atoms with van der Waals surface area (Å²) in [7, 11) is 0. The normalized spacial score (nSPS) is 10.6. The van der Waals surface area contributed by atoms with Gasteiger partial charge in [-0.25, -0.2) is 4.98 Å². The molecule has 0 aliphatic rings. The third kappa shape index (κ3) is 3.96. The predicted molar refractivity (Wildman–Crippen MR) is 104 cm³/mol. The number of halogens is 3. The molecule has 2 aromatic carbocycles. The highest BCUT2D eigenvalue weighted by Gasteiger charge is 2.21. The van der Waals surface area contributed by atoms with Crippen LogP contribution in [0.5, 0.6) is 0 Å². The Bertz CT molecular complexity index is 1020. The van der Waals surface area contributed by atoms with E-state index >= 15 is 0 Å². The summed E-state index contributed by atoms with van der Waals surface area (Å²) in [5.41, 5.74) is 0.643. The van der Waals surface area contributed by atoms with Crippen LogP contribution < -0.4 is 5.32 Å². The number of anilines is 1. The van der Waals surface area contributed by atoms with Crippen molar-refractivity contribution in [3.8, 4) is 11.3 Å². The van der Waals surface area contributed by atoms with E-state index in [1.807, 2.05) is 0 Å². The Morgan fingerprint density at radius 3 is 2.54 bits per heavy atom. The smallest absolute Gasteiger partial charge is 0.282 e. The van der Waals surface area contributed by atoms with Crippen molar-refractivity contribution in [3.63, 3.8) is 0 Å². The number of nitrogens with zero attached hydrogens (tertiary/aromatic N) is 2. The van der Waals surface area contributed by atoms with Gasteiger partial charge in [-0.2, -0.15) is 0 Å². The van der Waals surface area contributed by atoms with Crippen LogP contribution in [-0.2, 0) is 0 Å². The number of carbonyl (C=O) groups is 1. The number of thiazole rings is 1. The number of nitro benzene ring substituents is 1. The Hall–Kier alpha value is -2.19. The Labute approximate surface area is 166 Å². The second-order valence-electron chi connectivity index (χ2n) is 5.03. The van der Waals surface area contributed by atoms with Crippen molar-refractivity contribution >= 4 is 62.9 Å². The Kier molecular flexibility index (Phi) is 5.43. The third-order valence-electron chi connectivity index (χ3n) is 3.33. The van der Waals surface area contributed by atoms with Crippen molar-refractivity contribution in [3.05, 3.63) is 72.5 Å². The van der Waals surface area contributed by atoms with Crippen LogP contribution in [-0.4, -0.2) is 15.8 Å². The molecule has 0 unspecified atom stereocenters. The standard InChI is InChI=1S/C16H8Cl3N3O3S/c17-8-1-3-12(19)10(5-8)13-7-26-16(20-13)21-15(23)11-6-9(18)2-4-14(11)22(24)25/h1-7H,(H,20,21,23). The van der Waals surface area contributed by atoms with Gasteiger partial charge in [0, 0.05) is 27.1 Å². The van der Waals surface area contributed by atoms with Gasteiger partial charge in [0.05, 0.1) is 15.6 Å². The molecule has 0 aliphatic carbocycles. The van der Waals surface area contributed by atoms with E-state index in [0.717, 1.165) is 11.3 Å². The summed E-state index contributed by atoms with van der Waals surface area (Å²) in [6.07, 6.45) is 0. The summed E-state index contributed by atoms with van der Waals surface area (Å²) < 4.78 is 0. The van der Waals surface area contributed by atoms with Gasteiger partial charge in [-0.1, -0.05) is 34.8 Å². The molecule has 3 rings (SSSR count). The molecule has 0 bridgehead atoms. The molecule has 0 spiro atoms. The molecule has 0 fully saturated rings. The summed E-state index contributed by atoms with van der Waals surface area (Å²) in [5.74, 6) is -0.683. The van der Waals surface area contributed by atoms with Crippen LogP contribution in [0.25, 0.3) is 11.3 Å². The number of carbonyl (C=O) groups excluding carboxylic acids is 1. The van der Waals surface area contributed by atoms with Crippen molar-refractivity contribution in [2.75, 3.05) is 5.32 Å². The van der Waals surface area contributed by atoms with Crippen LogP contribution >= 0.6 is 46.1 Å². The molecule has 0 saturated carbocycles. The Morgan fingerprint density at radius 2 is 1.81 bits per heavy atom. The monoisotopic (exact) mass is 427 g/mol. The largest absolute Gasteiger partial charge is 0.298 e. The average molecular weight is 429 g/mol. The quantitative estimate of drug-likeness (QED) is 0.412. The molecule has 1 N–H and O–H groups in total. The van der Waals surface area contributed by atoms with E-state index in [2.05, 4.69) is 10.3 Å². The number of hydrogen-bond acceptors (Lipinski definition) is 5. The molecule has 132 valence electrons. The zero-order valence-electron chi connectivity index (χ0n) is 12.7. The first kappa shape index (κ1) is 18.6. The molecule has 10 heteroatoms. The molecular formula is C16H8Cl3N3O3S. The van der Waals surface area contributed by atoms with E-state index in [0.29, 0.717) is 21.3 Å². The highest BCUT2D eigenvalue weighted by molar-refractivity contribution is 7.14. The summed E-state index contributed by atoms with van der Waals surface area (Å²) in [5, 5.41) is 16.8. The minimum atomic E-state index is -0.683. The van der Waals surface area contributed by atoms with Gasteiger partial charge in [-0.3, -0.25) is 20.2 Å². The summed E-state index contributed by atoms with van der Waals surface area (Å²) in [4.78, 5) is 27.1. The molecule has 1 aromatic heterocycles. The lowest BCUT2D eigenvalue weighted by Gasteiger charge is -2.04. The number of aromatic nitrogens is 1. The summed E-state index contributed by atoms with van der Waals surface area (Å²) in [6, 6.07) is 8.71. The van der Waals surface area contributed by atoms with E-state index in [-0.39, 0.29) is 21.4 Å². The van der Waals surface area contributed by atoms with Crippen molar-refractivity contribution < 1.29 is 9.72 Å². The highest BCUT2D eigenvalue weighted by atomic mass is 35.5. The van der Waals surface area contributed by atoms with Crippen LogP contribution in [0, 0.1) is 10.1 Å². The molecule has 6 nitrogen and oxygen atoms in total. The molecule has 0 aliphatic heterocycles. The SMILES string of the molecule is O=C(Nc1nc(-c2cc(Cl)ccc2Cl)cs1)c1cc(Cl)ccc1[N+](=O)[O-]. The maximum Gasteiger partial charge on any atom is 0.282 e. The molecule has 1 amide bonds. The average Bonchev–Trinajstić information content (AvgIpc) is 3.04. The molecule has 1 heterocycles. The Morgan fingerprint density at radius 1 is 1.12 bits per heavy atom. The van der Waals surface area contributed by atoms with Crippen LogP contribution in [0.15, 0.2) is 41.8 Å². The molecular weight excluding hydrogens is 421 g/mol. The van der Waals surface area contributed by atoms with Crippen molar-refractivity contribution in [1.29, 1.82) is 0 Å². The second-order valence-corrected chi connectivity index (χ2v) is 7.17. The molecule has 3 aromatic rings. The van der Waals surface area contributed by atoms with Crippen LogP contribution in [0.3, 0.4) is 0 Å². The highest BCUT2D eigenvalue weighted by Crippen LogP contribution is 2.33. The van der Waals surface area contributed by atoms with Gasteiger partial charge in [0.1, 0.15) is 5.56 Å². The zero-order valence-corrected chi connectivity index (χ0v) is 15.8. The zero-order chi connectivity index (χ0) is 18.8. The topological polar surface area (TPSA) is 85.1 Å². The third-order valence-corrected chi connectivity index (χ3v) is 4.89. The van der Waals surface area contributed by atoms with Crippen molar-refractivity contribution in [1.82, 2.24) is 4.98 Å². The first-order valence-corrected chi connectivity index (χ1v) is 9.03. The fourth-order valence-electron chi connectivity index (χ4n) is 2.16. The van der Waals surface area contributed by atoms with Crippen LogP contribution in [0.4, 0.5) is 10.8 Å². The Balaban J connectivity index is 1.88. The number of nitrogens with one attached hydrogen (secondary N) is 1. The van der Waals surface area contributed by atoms with Gasteiger partial charge in [0.15, 0.2) is 5.13 Å². The number of nitro groups is 1. The van der Waals surface area contributed by atoms with Crippen LogP contribution in [0.1, 0.15) is 10.4 Å². The van der Waals surface area contributed by atoms with E-state index in [1.54, 1.807) is 23.6 Å². The minimum Gasteiger partial charge on any atom is -0.298 e. The molecule has 0 atom stereocenters. The molecule has 0 radical (unpaired) electrons. The second kappa shape index (κ2) is 7.59. The number of amides is 1. The van der Waals surface area contributed by atoms with Gasteiger partial charge in [0.2, 0.25) is 0 Å². The van der Waals surface area contributed by atoms with Gasteiger partial charge in [-0.15, -0.1) is 11.3 Å². The van der Waals surface area contributed by atoms with Gasteiger partial charge < -0.3 is 0 Å². The lowest BCUT2D eigenvalue weighted by molar-refractivity contribution is -0.385. The molecule has 26 heavy (non-hydrogen) atoms. The maximum atomic E-state index is 12.4. The first-order valence-electron chi connectivity index (χ1n) is 7.01. The van der Waals surface area contributed by atoms with Gasteiger partial charge in [0.25, 0.3) is 11.6 Å². The minimum absolute atomic E-state index is 0.153. The first-order chi connectivity index (χ1) is 12.3. The lowest BCUT2D eigenvalue weighted by Crippen LogP contribution is -2.13. The van der Waals surface area contributed by atoms with E-state index in [9.17, 15) is 14.9 Å². The van der Waals surface area contributed by atoms with Gasteiger partial charge >= 0.3 is 0 Å². The van der Waals surface area contributed by atoms with Crippen LogP contribution in [0.2, 0.25) is 15.1 Å². The fourth-order valence-corrected chi connectivity index (χ4v) is 3.43. The maximum absolute atomic E-state index is 12.4. The van der Waals surface area contributed by atoms with Crippen molar-refractivity contribution in [2.45, 2.75) is 0 Å². The van der Waals surface area contributed by atoms with E-state index in [4.69, 9.17) is 34.8 Å². The lowest BCUT2D eigenvalue weighted by atomic mass is 10.1. The van der Waals surface area contributed by atoms with Gasteiger partial charge in [-0.05, 0) is 30.3 Å². The number of benzene rings is 2. The van der Waals surface area contributed by atoms with Crippen molar-refractivity contribution in [2.24, 2.45) is 0 Å². The van der Waals surface area contributed by atoms with E-state index in [1.165, 1.54) is 18.2 Å². The summed E-state index contributed by atoms with van der Waals surface area (Å²) >= 11 is 19.1. The fraction of sp³-hybridized carbons (Fsp3) is 0. The van der Waals surface area contributed by atoms with E-state index < -0.39 is 10.8 Å². The number of rotatable bonds is 4. The number of hydrogen-bond donors (Lipinski definition) is 1. The summed E-state index contributed by atoms with van der Waals surface area (Å²) in [6.45, 7) is 0. The molecule has 0 saturated heterocycles. The predicted octanol–water partition coefficient (Wildman–Crippen LogP) is 5.93.